The number of fused-ring (bicyclic) bond motifs is 1. The van der Waals surface area contributed by atoms with Crippen LogP contribution >= 0.6 is 0 Å². The molecule has 0 saturated heterocycles. The van der Waals surface area contributed by atoms with Crippen molar-refractivity contribution in [2.24, 2.45) is 0 Å². The van der Waals surface area contributed by atoms with E-state index < -0.39 is 0 Å². The van der Waals surface area contributed by atoms with Crippen molar-refractivity contribution in [2.45, 2.75) is 25.9 Å². The minimum absolute atomic E-state index is 0.361. The van der Waals surface area contributed by atoms with Gasteiger partial charge in [-0.25, -0.2) is 4.98 Å². The zero-order valence-electron chi connectivity index (χ0n) is 10.3. The van der Waals surface area contributed by atoms with E-state index in [0.717, 1.165) is 18.5 Å². The highest BCUT2D eigenvalue weighted by molar-refractivity contribution is 5.74. The lowest BCUT2D eigenvalue weighted by molar-refractivity contribution is 0.496. The number of hydrogen-bond donors (Lipinski definition) is 1. The van der Waals surface area contributed by atoms with E-state index in [1.165, 1.54) is 5.52 Å². The lowest BCUT2D eigenvalue weighted by Gasteiger charge is -2.14. The topological polar surface area (TPSA) is 29.9 Å². The zero-order chi connectivity index (χ0) is 12.1. The van der Waals surface area contributed by atoms with Gasteiger partial charge in [-0.05, 0) is 26.1 Å². The quantitative estimate of drug-likeness (QED) is 0.810. The van der Waals surface area contributed by atoms with Crippen LogP contribution in [-0.4, -0.2) is 22.6 Å². The van der Waals surface area contributed by atoms with Gasteiger partial charge in [-0.1, -0.05) is 12.1 Å². The minimum atomic E-state index is 0.361. The number of nitrogens with zero attached hydrogens (tertiary/aromatic N) is 2. The van der Waals surface area contributed by atoms with Crippen molar-refractivity contribution in [1.29, 1.82) is 0 Å². The van der Waals surface area contributed by atoms with Crippen LogP contribution in [-0.2, 0) is 6.54 Å². The van der Waals surface area contributed by atoms with Crippen LogP contribution in [0.5, 0.6) is 0 Å². The normalized spacial score (nSPS) is 12.1. The van der Waals surface area contributed by atoms with E-state index in [1.54, 1.807) is 0 Å². The Kier molecular flexibility index (Phi) is 3.79. The molecule has 0 fully saturated rings. The van der Waals surface area contributed by atoms with Gasteiger partial charge in [0.15, 0.2) is 0 Å². The Morgan fingerprint density at radius 2 is 2.24 bits per heavy atom. The molecule has 88 valence electrons. The maximum Gasteiger partial charge on any atom is 0.0958 e. The van der Waals surface area contributed by atoms with Crippen molar-refractivity contribution in [1.82, 2.24) is 14.9 Å². The first-order valence-electron chi connectivity index (χ1n) is 5.82. The zero-order valence-corrected chi connectivity index (χ0v) is 10.3. The average molecular weight is 227 g/mol. The first-order valence-corrected chi connectivity index (χ1v) is 5.82. The molecule has 3 heteroatoms. The maximum atomic E-state index is 4.39. The maximum absolute atomic E-state index is 4.39. The van der Waals surface area contributed by atoms with E-state index in [9.17, 15) is 0 Å². The second-order valence-corrected chi connectivity index (χ2v) is 4.00. The summed E-state index contributed by atoms with van der Waals surface area (Å²) in [7, 11) is 1.97. The van der Waals surface area contributed by atoms with Gasteiger partial charge in [-0.3, -0.25) is 0 Å². The van der Waals surface area contributed by atoms with Crippen LogP contribution in [0, 0.1) is 11.8 Å². The number of rotatable bonds is 4. The molecule has 1 aromatic heterocycles. The molecule has 2 aromatic rings. The van der Waals surface area contributed by atoms with Gasteiger partial charge in [0.1, 0.15) is 0 Å². The predicted octanol–water partition coefficient (Wildman–Crippen LogP) is 2.04. The fourth-order valence-electron chi connectivity index (χ4n) is 1.88. The molecule has 0 aliphatic carbocycles. The second kappa shape index (κ2) is 5.51. The Labute approximate surface area is 102 Å². The van der Waals surface area contributed by atoms with Crippen LogP contribution < -0.4 is 5.32 Å². The lowest BCUT2D eigenvalue weighted by atomic mass is 10.2. The third-order valence-electron chi connectivity index (χ3n) is 2.88. The monoisotopic (exact) mass is 227 g/mol. The highest BCUT2D eigenvalue weighted by Gasteiger charge is 2.07. The van der Waals surface area contributed by atoms with Crippen molar-refractivity contribution in [2.75, 3.05) is 7.05 Å². The molecule has 0 aliphatic rings. The molecule has 1 atom stereocenters. The summed E-state index contributed by atoms with van der Waals surface area (Å²) in [4.78, 5) is 4.39. The molecule has 1 aromatic carbocycles. The summed E-state index contributed by atoms with van der Waals surface area (Å²) in [6, 6.07) is 8.55. The molecule has 0 bridgehead atoms. The molecule has 2 rings (SSSR count). The van der Waals surface area contributed by atoms with Gasteiger partial charge in [0, 0.05) is 19.0 Å². The molecule has 0 radical (unpaired) electrons. The van der Waals surface area contributed by atoms with E-state index in [-0.39, 0.29) is 0 Å². The van der Waals surface area contributed by atoms with Gasteiger partial charge >= 0.3 is 0 Å². The third kappa shape index (κ3) is 2.66. The van der Waals surface area contributed by atoms with Crippen LogP contribution in [0.2, 0.25) is 0 Å². The van der Waals surface area contributed by atoms with Crippen LogP contribution in [0.1, 0.15) is 13.3 Å². The van der Waals surface area contributed by atoms with E-state index in [4.69, 9.17) is 0 Å². The highest BCUT2D eigenvalue weighted by atomic mass is 15.1. The van der Waals surface area contributed by atoms with Gasteiger partial charge in [0.05, 0.1) is 17.4 Å². The average Bonchev–Trinajstić information content (AvgIpc) is 2.78. The summed E-state index contributed by atoms with van der Waals surface area (Å²) >= 11 is 0. The summed E-state index contributed by atoms with van der Waals surface area (Å²) in [6.07, 6.45) is 2.76. The number of hydrogen-bond acceptors (Lipinski definition) is 2. The van der Waals surface area contributed by atoms with Crippen LogP contribution in [0.15, 0.2) is 30.6 Å². The Balaban J connectivity index is 2.18. The fraction of sp³-hybridized carbons (Fsp3) is 0.357. The smallest absolute Gasteiger partial charge is 0.0958 e. The van der Waals surface area contributed by atoms with Crippen molar-refractivity contribution in [3.05, 3.63) is 30.6 Å². The van der Waals surface area contributed by atoms with E-state index in [0.29, 0.717) is 6.04 Å². The van der Waals surface area contributed by atoms with Gasteiger partial charge in [0.2, 0.25) is 0 Å². The highest BCUT2D eigenvalue weighted by Crippen LogP contribution is 2.12. The third-order valence-corrected chi connectivity index (χ3v) is 2.88. The van der Waals surface area contributed by atoms with Gasteiger partial charge in [-0.2, -0.15) is 0 Å². The molecule has 0 aliphatic heterocycles. The van der Waals surface area contributed by atoms with E-state index in [2.05, 4.69) is 32.8 Å². The van der Waals surface area contributed by atoms with Crippen molar-refractivity contribution in [3.8, 4) is 11.8 Å². The summed E-state index contributed by atoms with van der Waals surface area (Å²) in [5, 5.41) is 3.29. The Morgan fingerprint density at radius 1 is 1.41 bits per heavy atom. The second-order valence-electron chi connectivity index (χ2n) is 4.00. The van der Waals surface area contributed by atoms with Gasteiger partial charge < -0.3 is 9.88 Å². The van der Waals surface area contributed by atoms with Gasteiger partial charge in [-0.15, -0.1) is 11.8 Å². The number of aromatic nitrogens is 2. The molecule has 0 saturated carbocycles. The number of para-hydroxylation sites is 2. The standard InChI is InChI=1S/C14H17N3/c1-3-4-7-12(15-2)10-17-11-16-13-8-5-6-9-14(13)17/h5-6,8-9,11-12,15H,7,10H2,1-2H3. The SMILES string of the molecule is CC#CCC(Cn1cnc2ccccc21)NC. The van der Waals surface area contributed by atoms with Crippen LogP contribution in [0.25, 0.3) is 11.0 Å². The fourth-order valence-corrected chi connectivity index (χ4v) is 1.88. The largest absolute Gasteiger partial charge is 0.329 e. The molecule has 0 spiro atoms. The van der Waals surface area contributed by atoms with E-state index in [1.807, 2.05) is 38.5 Å². The van der Waals surface area contributed by atoms with Gasteiger partial charge in [0.25, 0.3) is 0 Å². The summed E-state index contributed by atoms with van der Waals surface area (Å²) in [5.41, 5.74) is 2.22. The first-order chi connectivity index (χ1) is 8.35. The summed E-state index contributed by atoms with van der Waals surface area (Å²) < 4.78 is 2.17. The first kappa shape index (κ1) is 11.7. The van der Waals surface area contributed by atoms with Crippen molar-refractivity contribution >= 4 is 11.0 Å². The van der Waals surface area contributed by atoms with Crippen molar-refractivity contribution < 1.29 is 0 Å². The Bertz CT molecular complexity index is 545. The predicted molar refractivity (Wildman–Crippen MR) is 70.6 cm³/mol. The van der Waals surface area contributed by atoms with Crippen molar-refractivity contribution in [3.63, 3.8) is 0 Å². The number of benzene rings is 1. The van der Waals surface area contributed by atoms with Crippen LogP contribution in [0.3, 0.4) is 0 Å². The molecular weight excluding hydrogens is 210 g/mol. The number of likely N-dealkylation sites (N-methyl/N-ethyl adjacent to an activating group) is 1. The summed E-state index contributed by atoms with van der Waals surface area (Å²) in [5.74, 6) is 6.05. The minimum Gasteiger partial charge on any atom is -0.329 e. The van der Waals surface area contributed by atoms with Crippen LogP contribution in [0.4, 0.5) is 0 Å². The Morgan fingerprint density at radius 3 is 3.00 bits per heavy atom. The molecule has 3 nitrogen and oxygen atoms in total. The molecule has 1 heterocycles. The molecule has 1 unspecified atom stereocenters. The number of nitrogens with one attached hydrogen (secondary N) is 1. The number of imidazole rings is 1. The molecule has 0 amide bonds. The Hall–Kier alpha value is -1.79. The lowest BCUT2D eigenvalue weighted by Crippen LogP contribution is -2.29. The summed E-state index contributed by atoms with van der Waals surface area (Å²) in [6.45, 7) is 2.77. The molecular formula is C14H17N3. The van der Waals surface area contributed by atoms with E-state index >= 15 is 0 Å². The molecule has 17 heavy (non-hydrogen) atoms. The molecule has 1 N–H and O–H groups in total.